The van der Waals surface area contributed by atoms with Crippen LogP contribution in [0.1, 0.15) is 191 Å². The van der Waals surface area contributed by atoms with Crippen LogP contribution in [0.25, 0.3) is 43.1 Å². The van der Waals surface area contributed by atoms with E-state index in [-0.39, 0.29) is 50.3 Å². The van der Waals surface area contributed by atoms with Gasteiger partial charge in [0, 0.05) is 85.7 Å². The largest absolute Gasteiger partial charge is 0.445 e. The molecule has 0 bridgehead atoms. The molecule has 6 rings (SSSR count). The second kappa shape index (κ2) is 42.5. The Labute approximate surface area is 538 Å². The van der Waals surface area contributed by atoms with Crippen molar-refractivity contribution in [1.82, 2.24) is 10.6 Å². The van der Waals surface area contributed by atoms with Gasteiger partial charge in [-0.15, -0.1) is 0 Å². The predicted molar refractivity (Wildman–Crippen MR) is 366 cm³/mol. The van der Waals surface area contributed by atoms with E-state index in [0.717, 1.165) is 167 Å². The summed E-state index contributed by atoms with van der Waals surface area (Å²) in [6.45, 7) is 1.98. The van der Waals surface area contributed by atoms with Gasteiger partial charge >= 0.3 is 12.2 Å². The van der Waals surface area contributed by atoms with Crippen molar-refractivity contribution in [3.63, 3.8) is 0 Å². The average Bonchev–Trinajstić information content (AvgIpc) is 1.33. The van der Waals surface area contributed by atoms with Crippen LogP contribution in [0.15, 0.2) is 109 Å². The quantitative estimate of drug-likeness (QED) is 0.0142. The molecule has 0 saturated heterocycles. The number of nitrogens with one attached hydrogen (secondary N) is 2. The molecule has 5 N–H and O–H groups in total. The number of alkyl carbamates (subject to hydrolysis) is 2. The summed E-state index contributed by atoms with van der Waals surface area (Å²) in [6.07, 6.45) is 24.9. The zero-order valence-corrected chi connectivity index (χ0v) is 55.9. The molecule has 0 aliphatic carbocycles. The second-order valence-electron chi connectivity index (χ2n) is 23.6. The molecule has 6 aromatic rings. The number of aliphatic hydroxyl groups excluding tert-OH is 3. The number of benzene rings is 6. The van der Waals surface area contributed by atoms with E-state index in [4.69, 9.17) is 9.47 Å². The number of hydrogen-bond acceptors (Lipinski definition) is 9. The number of alkyl halides is 3. The molecule has 0 radical (unpaired) electrons. The van der Waals surface area contributed by atoms with Gasteiger partial charge in [0.15, 0.2) is 0 Å². The molecule has 6 aromatic carbocycles. The van der Waals surface area contributed by atoms with Crippen molar-refractivity contribution < 1.29 is 44.0 Å². The maximum Gasteiger partial charge on any atom is 0.407 e. The minimum Gasteiger partial charge on any atom is -0.445 e. The number of aliphatic hydroxyl groups is 3. The van der Waals surface area contributed by atoms with Gasteiger partial charge < -0.3 is 35.4 Å². The van der Waals surface area contributed by atoms with Gasteiger partial charge in [0.05, 0.1) is 0 Å². The van der Waals surface area contributed by atoms with Gasteiger partial charge in [0.2, 0.25) is 0 Å². The Morgan fingerprint density at radius 1 is 0.360 bits per heavy atom. The lowest BCUT2D eigenvalue weighted by molar-refractivity contribution is -0.120. The number of halogens is 3. The molecule has 0 aromatic heterocycles. The number of carbonyl (C=O) groups excluding carboxylic acids is 4. The number of fused-ring (bicyclic) bond motifs is 4. The highest BCUT2D eigenvalue weighted by molar-refractivity contribution is 9.09. The molecule has 0 aliphatic rings. The van der Waals surface area contributed by atoms with Gasteiger partial charge in [-0.05, 0) is 182 Å². The zero-order valence-electron chi connectivity index (χ0n) is 51.2. The van der Waals surface area contributed by atoms with Gasteiger partial charge in [-0.2, -0.15) is 0 Å². The minimum absolute atomic E-state index is 0.0966. The summed E-state index contributed by atoms with van der Waals surface area (Å²) < 4.78 is 11.2. The Morgan fingerprint density at radius 3 is 0.965 bits per heavy atom. The third-order valence-corrected chi connectivity index (χ3v) is 18.9. The van der Waals surface area contributed by atoms with Crippen molar-refractivity contribution in [3.05, 3.63) is 120 Å². The van der Waals surface area contributed by atoms with E-state index in [9.17, 15) is 34.5 Å². The first kappa shape index (κ1) is 72.3. The standard InChI is InChI=1S/C36H48Br3NO3.C36H51NO6/c37-23-10-19-36(20-11-24-38,21-12-25-39)22-18-31(41)15-4-2-1-3-9-26-40-35(42)43-28-34-32-16-7-5-13-29(32)27-30-14-6-8-17-33(30)34;38-24-10-19-36(20-11-25-39,21-12-26-40)22-18-31(41)15-4-2-1-3-9-23-37-35(42)43-28-34-32-16-7-5-13-29(32)27-30-14-6-8-17-33(30)34/h5-8,13-14,16-17,27H,1-4,9-12,15,18-26,28H2,(H,40,42);5-8,13-14,16-17,27,38-40H,1-4,9-12,15,18-26,28H2,(H,37,42). The summed E-state index contributed by atoms with van der Waals surface area (Å²) in [6, 6.07) is 37.2. The predicted octanol–water partition coefficient (Wildman–Crippen LogP) is 18.6. The smallest absolute Gasteiger partial charge is 0.407 e. The van der Waals surface area contributed by atoms with E-state index >= 15 is 0 Å². The van der Waals surface area contributed by atoms with Crippen molar-refractivity contribution >= 4 is 115 Å². The highest BCUT2D eigenvalue weighted by atomic mass is 79.9. The molecule has 14 heteroatoms. The Balaban J connectivity index is 0.000000314. The van der Waals surface area contributed by atoms with Gasteiger partial charge in [0.25, 0.3) is 0 Å². The van der Waals surface area contributed by atoms with Crippen LogP contribution < -0.4 is 10.6 Å². The third kappa shape index (κ3) is 25.9. The van der Waals surface area contributed by atoms with Gasteiger partial charge in [-0.1, -0.05) is 183 Å². The summed E-state index contributed by atoms with van der Waals surface area (Å²) in [7, 11) is 0. The van der Waals surface area contributed by atoms with Gasteiger partial charge in [0.1, 0.15) is 24.8 Å². The number of unbranched alkanes of at least 4 members (excludes halogenated alkanes) is 8. The van der Waals surface area contributed by atoms with E-state index in [1.807, 2.05) is 48.5 Å². The molecule has 0 saturated carbocycles. The lowest BCUT2D eigenvalue weighted by atomic mass is 9.71. The van der Waals surface area contributed by atoms with Gasteiger partial charge in [-0.25, -0.2) is 9.59 Å². The fourth-order valence-corrected chi connectivity index (χ4v) is 13.3. The zero-order chi connectivity index (χ0) is 61.5. The summed E-state index contributed by atoms with van der Waals surface area (Å²) in [4.78, 5) is 50.2. The summed E-state index contributed by atoms with van der Waals surface area (Å²) in [5.74, 6) is 0.689. The Bertz CT molecular complexity index is 2570. The third-order valence-electron chi connectivity index (χ3n) is 17.3. The van der Waals surface area contributed by atoms with Crippen LogP contribution >= 0.6 is 47.8 Å². The number of ketones is 2. The van der Waals surface area contributed by atoms with Crippen LogP contribution in [-0.2, 0) is 32.3 Å². The Kier molecular flexibility index (Phi) is 35.7. The fourth-order valence-electron chi connectivity index (χ4n) is 12.5. The van der Waals surface area contributed by atoms with E-state index < -0.39 is 6.09 Å². The molecular formula is C72H99Br3N2O9. The van der Waals surface area contributed by atoms with Crippen molar-refractivity contribution in [3.8, 4) is 0 Å². The van der Waals surface area contributed by atoms with Crippen LogP contribution in [0.4, 0.5) is 9.59 Å². The van der Waals surface area contributed by atoms with Crippen molar-refractivity contribution in [2.45, 2.75) is 193 Å². The monoisotopic (exact) mass is 1370 g/mol. The molecule has 0 heterocycles. The topological polar surface area (TPSA) is 171 Å². The van der Waals surface area contributed by atoms with E-state index in [1.165, 1.54) is 38.5 Å². The molecular weight excluding hydrogens is 1280 g/mol. The highest BCUT2D eigenvalue weighted by Crippen LogP contribution is 2.42. The molecule has 0 atom stereocenters. The lowest BCUT2D eigenvalue weighted by Crippen LogP contribution is -2.25. The van der Waals surface area contributed by atoms with Crippen molar-refractivity contribution in [2.75, 3.05) is 48.9 Å². The first-order valence-electron chi connectivity index (χ1n) is 32.2. The van der Waals surface area contributed by atoms with Crippen molar-refractivity contribution in [2.24, 2.45) is 10.8 Å². The average molecular weight is 1380 g/mol. The first-order valence-corrected chi connectivity index (χ1v) is 35.5. The number of Topliss-reactive ketones (excluding diaryl/α,β-unsaturated/α-hetero) is 2. The number of rotatable bonds is 44. The molecule has 86 heavy (non-hydrogen) atoms. The van der Waals surface area contributed by atoms with E-state index in [1.54, 1.807) is 0 Å². The van der Waals surface area contributed by atoms with Crippen LogP contribution in [-0.4, -0.2) is 88.0 Å². The van der Waals surface area contributed by atoms with E-state index in [2.05, 4.69) is 119 Å². The van der Waals surface area contributed by atoms with Crippen molar-refractivity contribution in [1.29, 1.82) is 0 Å². The SMILES string of the molecule is O=C(CCCCCCCNC(=O)OCc1c2ccccc2cc2ccccc12)CCC(CCCBr)(CCCBr)CCCBr.O=C(CCCCCCCNC(=O)OCc1c2ccccc2cc2ccccc12)CCC(CCCO)(CCCO)CCCO. The molecule has 2 amide bonds. The number of carbonyl (C=O) groups is 4. The number of ether oxygens (including phenoxy) is 2. The molecule has 0 unspecified atom stereocenters. The highest BCUT2D eigenvalue weighted by Gasteiger charge is 2.30. The van der Waals surface area contributed by atoms with Crippen LogP contribution in [0.3, 0.4) is 0 Å². The van der Waals surface area contributed by atoms with Gasteiger partial charge in [-0.3, -0.25) is 9.59 Å². The van der Waals surface area contributed by atoms with Crippen LogP contribution in [0.5, 0.6) is 0 Å². The Hall–Kier alpha value is -4.44. The molecule has 0 spiro atoms. The van der Waals surface area contributed by atoms with E-state index in [0.29, 0.717) is 69.2 Å². The lowest BCUT2D eigenvalue weighted by Gasteiger charge is -2.34. The minimum atomic E-state index is -0.407. The first-order chi connectivity index (χ1) is 42.0. The van der Waals surface area contributed by atoms with Crippen LogP contribution in [0.2, 0.25) is 0 Å². The summed E-state index contributed by atoms with van der Waals surface area (Å²) in [5, 5.41) is 45.9. The van der Waals surface area contributed by atoms with Crippen LogP contribution in [0, 0.1) is 10.8 Å². The normalized spacial score (nSPS) is 11.7. The molecule has 0 fully saturated rings. The molecule has 472 valence electrons. The molecule has 0 aliphatic heterocycles. The Morgan fingerprint density at radius 2 is 0.651 bits per heavy atom. The second-order valence-corrected chi connectivity index (χ2v) is 26.0. The number of hydrogen-bond donors (Lipinski definition) is 5. The maximum absolute atomic E-state index is 12.7. The summed E-state index contributed by atoms with van der Waals surface area (Å²) in [5.41, 5.74) is 2.26. The fraction of sp³-hybridized carbons (Fsp3) is 0.556. The summed E-state index contributed by atoms with van der Waals surface area (Å²) >= 11 is 10.8. The molecule has 11 nitrogen and oxygen atoms in total. The maximum atomic E-state index is 12.7. The number of amides is 2.